The summed E-state index contributed by atoms with van der Waals surface area (Å²) < 4.78 is 10.8. The van der Waals surface area contributed by atoms with Gasteiger partial charge >= 0.3 is 0 Å². The highest BCUT2D eigenvalue weighted by molar-refractivity contribution is 5.91. The highest BCUT2D eigenvalue weighted by atomic mass is 16.5. The van der Waals surface area contributed by atoms with E-state index in [1.54, 1.807) is 19.2 Å². The number of rotatable bonds is 5. The lowest BCUT2D eigenvalue weighted by Crippen LogP contribution is -2.54. The van der Waals surface area contributed by atoms with Gasteiger partial charge in [0, 0.05) is 50.7 Å². The van der Waals surface area contributed by atoms with Crippen molar-refractivity contribution in [3.05, 3.63) is 54.0 Å². The number of ether oxygens (including phenoxy) is 1. The molecule has 2 fully saturated rings. The van der Waals surface area contributed by atoms with Crippen molar-refractivity contribution in [2.24, 2.45) is 4.99 Å². The lowest BCUT2D eigenvalue weighted by molar-refractivity contribution is 0.0657. The van der Waals surface area contributed by atoms with Gasteiger partial charge in [0.05, 0.1) is 13.4 Å². The average molecular weight is 396 g/mol. The molecule has 1 amide bonds. The zero-order valence-corrected chi connectivity index (χ0v) is 17.1. The van der Waals surface area contributed by atoms with Crippen LogP contribution in [0.1, 0.15) is 29.0 Å². The molecule has 0 unspecified atom stereocenters. The van der Waals surface area contributed by atoms with Gasteiger partial charge in [0.2, 0.25) is 0 Å². The number of methoxy groups -OCH3 is 1. The Hall–Kier alpha value is -2.96. The molecule has 4 rings (SSSR count). The third-order valence-corrected chi connectivity index (χ3v) is 5.93. The molecule has 1 aromatic carbocycles. The average Bonchev–Trinajstić information content (AvgIpc) is 3.36. The predicted octanol–water partition coefficient (Wildman–Crippen LogP) is 2.35. The van der Waals surface area contributed by atoms with Crippen molar-refractivity contribution in [3.8, 4) is 5.75 Å². The topological polar surface area (TPSA) is 70.3 Å². The van der Waals surface area contributed by atoms with E-state index in [9.17, 15) is 4.79 Å². The maximum Gasteiger partial charge on any atom is 0.289 e. The van der Waals surface area contributed by atoms with Crippen LogP contribution in [0.15, 0.2) is 52.1 Å². The molecule has 29 heavy (non-hydrogen) atoms. The van der Waals surface area contributed by atoms with Crippen molar-refractivity contribution < 1.29 is 13.9 Å². The molecule has 0 spiro atoms. The Morgan fingerprint density at radius 2 is 1.86 bits per heavy atom. The molecule has 1 saturated heterocycles. The highest BCUT2D eigenvalue weighted by Crippen LogP contribution is 2.50. The Morgan fingerprint density at radius 1 is 1.14 bits per heavy atom. The molecular formula is C22H28N4O3. The molecule has 2 heterocycles. The minimum absolute atomic E-state index is 0.0503. The lowest BCUT2D eigenvalue weighted by Gasteiger charge is -2.36. The first kappa shape index (κ1) is 19.4. The van der Waals surface area contributed by atoms with Gasteiger partial charge in [-0.3, -0.25) is 9.79 Å². The summed E-state index contributed by atoms with van der Waals surface area (Å²) in [5, 5.41) is 3.56. The Kier molecular flexibility index (Phi) is 5.47. The van der Waals surface area contributed by atoms with E-state index in [0.29, 0.717) is 18.8 Å². The quantitative estimate of drug-likeness (QED) is 0.621. The van der Waals surface area contributed by atoms with Gasteiger partial charge in [-0.05, 0) is 31.0 Å². The van der Waals surface area contributed by atoms with Crippen LogP contribution in [-0.4, -0.2) is 68.5 Å². The van der Waals surface area contributed by atoms with Crippen LogP contribution in [0.2, 0.25) is 0 Å². The van der Waals surface area contributed by atoms with E-state index in [-0.39, 0.29) is 11.3 Å². The molecule has 0 radical (unpaired) electrons. The lowest BCUT2D eigenvalue weighted by atomic mass is 9.95. The Labute approximate surface area is 171 Å². The van der Waals surface area contributed by atoms with Gasteiger partial charge < -0.3 is 24.3 Å². The summed E-state index contributed by atoms with van der Waals surface area (Å²) in [6.07, 6.45) is 3.82. The van der Waals surface area contributed by atoms with Crippen LogP contribution in [-0.2, 0) is 5.41 Å². The number of benzene rings is 1. The normalized spacial score (nSPS) is 18.5. The SMILES string of the molecule is CN=C(NCC1(c2ccccc2OC)CC1)N1CCN(C(=O)c2ccco2)CC1. The van der Waals surface area contributed by atoms with Crippen LogP contribution in [0.25, 0.3) is 0 Å². The van der Waals surface area contributed by atoms with Crippen LogP contribution >= 0.6 is 0 Å². The summed E-state index contributed by atoms with van der Waals surface area (Å²) >= 11 is 0. The fourth-order valence-electron chi connectivity index (χ4n) is 4.03. The van der Waals surface area contributed by atoms with E-state index < -0.39 is 0 Å². The van der Waals surface area contributed by atoms with Crippen molar-refractivity contribution in [3.63, 3.8) is 0 Å². The maximum atomic E-state index is 12.4. The molecule has 2 aliphatic rings. The number of carbonyl (C=O) groups is 1. The largest absolute Gasteiger partial charge is 0.496 e. The number of aliphatic imine (C=N–C) groups is 1. The summed E-state index contributed by atoms with van der Waals surface area (Å²) in [6.45, 7) is 3.61. The second-order valence-electron chi connectivity index (χ2n) is 7.64. The molecule has 154 valence electrons. The number of para-hydroxylation sites is 1. The van der Waals surface area contributed by atoms with E-state index in [2.05, 4.69) is 27.3 Å². The van der Waals surface area contributed by atoms with Gasteiger partial charge in [0.1, 0.15) is 5.75 Å². The molecule has 2 aromatic rings. The third kappa shape index (κ3) is 3.95. The van der Waals surface area contributed by atoms with Gasteiger partial charge in [0.15, 0.2) is 11.7 Å². The monoisotopic (exact) mass is 396 g/mol. The van der Waals surface area contributed by atoms with Crippen molar-refractivity contribution in [2.45, 2.75) is 18.3 Å². The van der Waals surface area contributed by atoms with E-state index in [1.807, 2.05) is 24.1 Å². The minimum atomic E-state index is -0.0503. The van der Waals surface area contributed by atoms with Crippen LogP contribution < -0.4 is 10.1 Å². The molecule has 1 aliphatic heterocycles. The molecule has 7 nitrogen and oxygen atoms in total. The Bertz CT molecular complexity index is 866. The summed E-state index contributed by atoms with van der Waals surface area (Å²) in [4.78, 5) is 21.0. The van der Waals surface area contributed by atoms with Crippen molar-refractivity contribution in [2.75, 3.05) is 46.9 Å². The van der Waals surface area contributed by atoms with Crippen LogP contribution in [0, 0.1) is 0 Å². The van der Waals surface area contributed by atoms with Gasteiger partial charge in [-0.25, -0.2) is 0 Å². The first-order valence-corrected chi connectivity index (χ1v) is 10.1. The summed E-state index contributed by atoms with van der Waals surface area (Å²) in [5.41, 5.74) is 1.37. The Balaban J connectivity index is 1.34. The van der Waals surface area contributed by atoms with E-state index in [0.717, 1.165) is 44.2 Å². The second-order valence-corrected chi connectivity index (χ2v) is 7.64. The maximum absolute atomic E-state index is 12.4. The van der Waals surface area contributed by atoms with E-state index >= 15 is 0 Å². The number of hydrogen-bond acceptors (Lipinski definition) is 4. The van der Waals surface area contributed by atoms with Gasteiger partial charge in [-0.1, -0.05) is 18.2 Å². The number of nitrogens with one attached hydrogen (secondary N) is 1. The molecule has 1 saturated carbocycles. The van der Waals surface area contributed by atoms with Crippen LogP contribution in [0.4, 0.5) is 0 Å². The third-order valence-electron chi connectivity index (χ3n) is 5.93. The van der Waals surface area contributed by atoms with Crippen LogP contribution in [0.5, 0.6) is 5.75 Å². The zero-order valence-electron chi connectivity index (χ0n) is 17.1. The summed E-state index contributed by atoms with van der Waals surface area (Å²) in [7, 11) is 3.54. The predicted molar refractivity (Wildman–Crippen MR) is 111 cm³/mol. The summed E-state index contributed by atoms with van der Waals surface area (Å²) in [6, 6.07) is 11.7. The molecule has 0 bridgehead atoms. The fourth-order valence-corrected chi connectivity index (χ4v) is 4.03. The molecular weight excluding hydrogens is 368 g/mol. The number of nitrogens with zero attached hydrogens (tertiary/aromatic N) is 3. The van der Waals surface area contributed by atoms with E-state index in [4.69, 9.17) is 9.15 Å². The molecule has 0 atom stereocenters. The fraction of sp³-hybridized carbons (Fsp3) is 0.455. The first-order chi connectivity index (χ1) is 14.2. The van der Waals surface area contributed by atoms with Crippen molar-refractivity contribution in [1.29, 1.82) is 0 Å². The van der Waals surface area contributed by atoms with Crippen LogP contribution in [0.3, 0.4) is 0 Å². The van der Waals surface area contributed by atoms with E-state index in [1.165, 1.54) is 11.8 Å². The van der Waals surface area contributed by atoms with Gasteiger partial charge in [-0.2, -0.15) is 0 Å². The molecule has 1 aliphatic carbocycles. The van der Waals surface area contributed by atoms with Crippen molar-refractivity contribution >= 4 is 11.9 Å². The smallest absolute Gasteiger partial charge is 0.289 e. The van der Waals surface area contributed by atoms with Gasteiger partial charge in [-0.15, -0.1) is 0 Å². The molecule has 7 heteroatoms. The standard InChI is InChI=1S/C22H28N4O3/c1-23-21(24-16-22(9-10-22)17-6-3-4-7-18(17)28-2)26-13-11-25(12-14-26)20(27)19-8-5-15-29-19/h3-8,15H,9-14,16H2,1-2H3,(H,23,24). The number of piperazine rings is 1. The molecule has 1 aromatic heterocycles. The number of guanidine groups is 1. The number of amides is 1. The second kappa shape index (κ2) is 8.19. The number of hydrogen-bond donors (Lipinski definition) is 1. The summed E-state index contributed by atoms with van der Waals surface area (Å²) in [5.74, 6) is 2.18. The Morgan fingerprint density at radius 3 is 2.48 bits per heavy atom. The first-order valence-electron chi connectivity index (χ1n) is 10.1. The zero-order chi connectivity index (χ0) is 20.3. The minimum Gasteiger partial charge on any atom is -0.496 e. The van der Waals surface area contributed by atoms with Gasteiger partial charge in [0.25, 0.3) is 5.91 Å². The molecule has 1 N–H and O–H groups in total. The highest BCUT2D eigenvalue weighted by Gasteiger charge is 2.46. The number of carbonyl (C=O) groups excluding carboxylic acids is 1. The number of furan rings is 1. The van der Waals surface area contributed by atoms with Crippen molar-refractivity contribution in [1.82, 2.24) is 15.1 Å².